The Balaban J connectivity index is 1.97. The predicted molar refractivity (Wildman–Crippen MR) is 94.4 cm³/mol. The van der Waals surface area contributed by atoms with Crippen LogP contribution in [0.5, 0.6) is 0 Å². The number of ketones is 1. The molecule has 0 saturated carbocycles. The lowest BCUT2D eigenvalue weighted by Crippen LogP contribution is -2.46. The summed E-state index contributed by atoms with van der Waals surface area (Å²) in [4.78, 5) is 25.2. The standard InChI is InChI=1S/C20H30O6/c1-12-13-5-9-19(3,26-17(12)23)14(21)6-8-18(2,24)16-7-10-20(4,25-16)15(22)11-13/h13,15-16,22,24H,1,5-11H2,2-4H3/t13-,15-,16-,18+,19+,20+/m0/s1. The van der Waals surface area contributed by atoms with Crippen LogP contribution in [0.4, 0.5) is 0 Å². The highest BCUT2D eigenvalue weighted by atomic mass is 16.6. The first-order valence-electron chi connectivity index (χ1n) is 9.50. The molecule has 3 aliphatic rings. The lowest BCUT2D eigenvalue weighted by molar-refractivity contribution is -0.169. The van der Waals surface area contributed by atoms with Gasteiger partial charge in [0.05, 0.1) is 23.4 Å². The zero-order valence-corrected chi connectivity index (χ0v) is 15.9. The third kappa shape index (κ3) is 3.35. The molecule has 3 aliphatic heterocycles. The molecule has 3 rings (SSSR count). The minimum absolute atomic E-state index is 0.104. The minimum atomic E-state index is -1.21. The van der Waals surface area contributed by atoms with E-state index >= 15 is 0 Å². The molecule has 6 atom stereocenters. The van der Waals surface area contributed by atoms with Crippen LogP contribution < -0.4 is 0 Å². The molecule has 0 aromatic carbocycles. The Morgan fingerprint density at radius 3 is 2.50 bits per heavy atom. The summed E-state index contributed by atoms with van der Waals surface area (Å²) in [5.74, 6) is -1.03. The van der Waals surface area contributed by atoms with Gasteiger partial charge < -0.3 is 19.7 Å². The molecular formula is C20H30O6. The van der Waals surface area contributed by atoms with Gasteiger partial charge in [-0.25, -0.2) is 4.79 Å². The van der Waals surface area contributed by atoms with Gasteiger partial charge in [-0.1, -0.05) is 6.58 Å². The van der Waals surface area contributed by atoms with Crippen molar-refractivity contribution < 1.29 is 29.3 Å². The van der Waals surface area contributed by atoms with E-state index in [1.54, 1.807) is 13.8 Å². The smallest absolute Gasteiger partial charge is 0.334 e. The summed E-state index contributed by atoms with van der Waals surface area (Å²) in [5, 5.41) is 21.7. The lowest BCUT2D eigenvalue weighted by Gasteiger charge is -2.36. The maximum absolute atomic E-state index is 12.8. The quantitative estimate of drug-likeness (QED) is 0.503. The van der Waals surface area contributed by atoms with Crippen LogP contribution in [0, 0.1) is 5.92 Å². The Kier molecular flexibility index (Phi) is 4.83. The second-order valence-corrected chi connectivity index (χ2v) is 8.87. The number of hydrogen-bond donors (Lipinski definition) is 2. The van der Waals surface area contributed by atoms with Gasteiger partial charge in [0.1, 0.15) is 0 Å². The van der Waals surface area contributed by atoms with Crippen LogP contribution in [0.15, 0.2) is 12.2 Å². The first-order chi connectivity index (χ1) is 12.0. The zero-order chi connectivity index (χ0) is 19.3. The van der Waals surface area contributed by atoms with Crippen molar-refractivity contribution >= 4 is 11.8 Å². The number of aliphatic hydroxyl groups is 2. The Labute approximate surface area is 154 Å². The van der Waals surface area contributed by atoms with E-state index in [1.165, 1.54) is 0 Å². The normalized spacial score (nSPS) is 47.6. The molecular weight excluding hydrogens is 336 g/mol. The maximum atomic E-state index is 12.8. The van der Waals surface area contributed by atoms with Crippen LogP contribution in [-0.2, 0) is 19.1 Å². The number of carbonyl (C=O) groups is 2. The van der Waals surface area contributed by atoms with E-state index in [-0.39, 0.29) is 24.5 Å². The molecule has 0 amide bonds. The third-order valence-corrected chi connectivity index (χ3v) is 6.71. The molecule has 6 nitrogen and oxygen atoms in total. The van der Waals surface area contributed by atoms with E-state index < -0.39 is 35.0 Å². The molecule has 0 spiro atoms. The van der Waals surface area contributed by atoms with E-state index in [0.29, 0.717) is 37.7 Å². The van der Waals surface area contributed by atoms with Crippen LogP contribution in [0.25, 0.3) is 0 Å². The van der Waals surface area contributed by atoms with Gasteiger partial charge in [0.25, 0.3) is 0 Å². The number of Topliss-reactive ketones (excluding diaryl/α,β-unsaturated/α-hetero) is 1. The number of hydrogen-bond acceptors (Lipinski definition) is 6. The Bertz CT molecular complexity index is 626. The summed E-state index contributed by atoms with van der Waals surface area (Å²) < 4.78 is 11.6. The van der Waals surface area contributed by atoms with Crippen LogP contribution in [0.3, 0.4) is 0 Å². The van der Waals surface area contributed by atoms with Crippen molar-refractivity contribution in [2.24, 2.45) is 5.92 Å². The van der Waals surface area contributed by atoms with Gasteiger partial charge in [-0.2, -0.15) is 0 Å². The highest BCUT2D eigenvalue weighted by Crippen LogP contribution is 2.43. The fourth-order valence-electron chi connectivity index (χ4n) is 4.42. The monoisotopic (exact) mass is 366 g/mol. The Morgan fingerprint density at radius 1 is 1.12 bits per heavy atom. The van der Waals surface area contributed by atoms with Gasteiger partial charge in [-0.3, -0.25) is 4.79 Å². The molecule has 146 valence electrons. The van der Waals surface area contributed by atoms with Crippen molar-refractivity contribution in [2.75, 3.05) is 0 Å². The highest BCUT2D eigenvalue weighted by molar-refractivity contribution is 5.94. The van der Waals surface area contributed by atoms with Crippen molar-refractivity contribution in [1.29, 1.82) is 0 Å². The molecule has 0 unspecified atom stereocenters. The molecule has 0 aromatic rings. The summed E-state index contributed by atoms with van der Waals surface area (Å²) in [6.07, 6.45) is 1.58. The number of fused-ring (bicyclic) bond motifs is 5. The van der Waals surface area contributed by atoms with Gasteiger partial charge in [0.2, 0.25) is 0 Å². The first kappa shape index (κ1) is 19.5. The fourth-order valence-corrected chi connectivity index (χ4v) is 4.42. The lowest BCUT2D eigenvalue weighted by atomic mass is 9.80. The van der Waals surface area contributed by atoms with E-state index in [0.717, 1.165) is 0 Å². The molecule has 3 fully saturated rings. The van der Waals surface area contributed by atoms with Crippen LogP contribution in [0.1, 0.15) is 65.7 Å². The third-order valence-electron chi connectivity index (χ3n) is 6.71. The van der Waals surface area contributed by atoms with E-state index in [2.05, 4.69) is 6.58 Å². The van der Waals surface area contributed by atoms with Gasteiger partial charge in [0.15, 0.2) is 11.4 Å². The number of rotatable bonds is 0. The summed E-state index contributed by atoms with van der Waals surface area (Å²) in [6, 6.07) is 0. The maximum Gasteiger partial charge on any atom is 0.334 e. The van der Waals surface area contributed by atoms with Crippen LogP contribution in [0.2, 0.25) is 0 Å². The number of aliphatic hydroxyl groups excluding tert-OH is 1. The van der Waals surface area contributed by atoms with Crippen LogP contribution in [-0.4, -0.2) is 51.0 Å². The van der Waals surface area contributed by atoms with Crippen molar-refractivity contribution in [3.8, 4) is 0 Å². The number of ether oxygens (including phenoxy) is 2. The molecule has 26 heavy (non-hydrogen) atoms. The second kappa shape index (κ2) is 6.43. The van der Waals surface area contributed by atoms with Crippen molar-refractivity contribution in [3.05, 3.63) is 12.2 Å². The average Bonchev–Trinajstić information content (AvgIpc) is 2.95. The molecule has 6 heteroatoms. The van der Waals surface area contributed by atoms with Gasteiger partial charge in [-0.15, -0.1) is 0 Å². The van der Waals surface area contributed by atoms with E-state index in [4.69, 9.17) is 9.47 Å². The van der Waals surface area contributed by atoms with Gasteiger partial charge in [0, 0.05) is 12.0 Å². The Hall–Kier alpha value is -1.24. The molecule has 0 aromatic heterocycles. The summed E-state index contributed by atoms with van der Waals surface area (Å²) >= 11 is 0. The van der Waals surface area contributed by atoms with Gasteiger partial charge >= 0.3 is 5.97 Å². The molecule has 0 aliphatic carbocycles. The summed E-state index contributed by atoms with van der Waals surface area (Å²) in [6.45, 7) is 9.02. The van der Waals surface area contributed by atoms with Crippen molar-refractivity contribution in [1.82, 2.24) is 0 Å². The van der Waals surface area contributed by atoms with Crippen molar-refractivity contribution in [2.45, 2.75) is 94.7 Å². The Morgan fingerprint density at radius 2 is 1.81 bits per heavy atom. The largest absolute Gasteiger partial charge is 0.448 e. The van der Waals surface area contributed by atoms with E-state index in [1.807, 2.05) is 6.92 Å². The van der Waals surface area contributed by atoms with Crippen LogP contribution >= 0.6 is 0 Å². The zero-order valence-electron chi connectivity index (χ0n) is 15.9. The fraction of sp³-hybridized carbons (Fsp3) is 0.800. The molecule has 3 heterocycles. The molecule has 0 radical (unpaired) electrons. The highest BCUT2D eigenvalue weighted by Gasteiger charge is 2.50. The SMILES string of the molecule is C=C1C(=O)O[C@]2(C)CC[C@H]1C[C@H](O)[C@@]1(C)CC[C@H](O1)[C@](C)(O)CCC2=O. The summed E-state index contributed by atoms with van der Waals surface area (Å²) in [5.41, 5.74) is -2.87. The van der Waals surface area contributed by atoms with Gasteiger partial charge in [-0.05, 0) is 65.2 Å². The summed E-state index contributed by atoms with van der Waals surface area (Å²) in [7, 11) is 0. The first-order valence-corrected chi connectivity index (χ1v) is 9.50. The number of carbonyl (C=O) groups excluding carboxylic acids is 2. The molecule has 4 bridgehead atoms. The average molecular weight is 366 g/mol. The molecule has 3 saturated heterocycles. The van der Waals surface area contributed by atoms with E-state index in [9.17, 15) is 19.8 Å². The number of esters is 1. The second-order valence-electron chi connectivity index (χ2n) is 8.87. The predicted octanol–water partition coefficient (Wildman–Crippen LogP) is 2.06. The topological polar surface area (TPSA) is 93.1 Å². The minimum Gasteiger partial charge on any atom is -0.448 e. The van der Waals surface area contributed by atoms with Crippen molar-refractivity contribution in [3.63, 3.8) is 0 Å². The molecule has 2 N–H and O–H groups in total.